The van der Waals surface area contributed by atoms with E-state index in [0.717, 1.165) is 24.3 Å². The van der Waals surface area contributed by atoms with Crippen molar-refractivity contribution in [3.8, 4) is 11.5 Å². The predicted octanol–water partition coefficient (Wildman–Crippen LogP) is 5.60. The molecule has 34 heavy (non-hydrogen) atoms. The lowest BCUT2D eigenvalue weighted by molar-refractivity contribution is -0.144. The minimum Gasteiger partial charge on any atom is -0.490 e. The van der Waals surface area contributed by atoms with E-state index in [1.54, 1.807) is 13.8 Å². The number of benzene rings is 2. The highest BCUT2D eigenvalue weighted by atomic mass is 16.6. The Labute approximate surface area is 202 Å². The molecule has 0 heterocycles. The Hall–Kier alpha value is -3.02. The van der Waals surface area contributed by atoms with Crippen molar-refractivity contribution in [2.45, 2.75) is 64.2 Å². The van der Waals surface area contributed by atoms with Gasteiger partial charge in [0.1, 0.15) is 37.9 Å². The zero-order valence-electron chi connectivity index (χ0n) is 20.3. The lowest BCUT2D eigenvalue weighted by Gasteiger charge is -2.38. The summed E-state index contributed by atoms with van der Waals surface area (Å²) in [4.78, 5) is 22.5. The van der Waals surface area contributed by atoms with Gasteiger partial charge in [0.15, 0.2) is 0 Å². The Bertz CT molecular complexity index is 828. The molecule has 0 aromatic heterocycles. The van der Waals surface area contributed by atoms with Gasteiger partial charge in [0.2, 0.25) is 0 Å². The second-order valence-electron chi connectivity index (χ2n) is 8.54. The second kappa shape index (κ2) is 13.0. The van der Waals surface area contributed by atoms with Crippen LogP contribution in [0.3, 0.4) is 0 Å². The van der Waals surface area contributed by atoms with Crippen molar-refractivity contribution in [2.75, 3.05) is 26.4 Å². The standard InChI is InChI=1S/C28H36O6/c1-3-26(29)33-20-18-31-24-12-8-22(9-13-24)28(16-6-5-7-17-28)23-10-14-25(15-11-23)32-19-21-34-27(30)4-2/h8-15H,3-7,16-21H2,1-2H3. The van der Waals surface area contributed by atoms with Gasteiger partial charge in [0.25, 0.3) is 0 Å². The molecule has 1 aliphatic rings. The Kier molecular flexibility index (Phi) is 9.80. The number of rotatable bonds is 12. The zero-order valence-corrected chi connectivity index (χ0v) is 20.3. The van der Waals surface area contributed by atoms with Crippen molar-refractivity contribution in [1.29, 1.82) is 0 Å². The highest BCUT2D eigenvalue weighted by molar-refractivity contribution is 5.69. The fraction of sp³-hybridized carbons (Fsp3) is 0.500. The summed E-state index contributed by atoms with van der Waals surface area (Å²) >= 11 is 0. The van der Waals surface area contributed by atoms with Gasteiger partial charge in [0, 0.05) is 18.3 Å². The third-order valence-electron chi connectivity index (χ3n) is 6.33. The van der Waals surface area contributed by atoms with Crippen molar-refractivity contribution in [3.63, 3.8) is 0 Å². The summed E-state index contributed by atoms with van der Waals surface area (Å²) in [5.74, 6) is 1.12. The monoisotopic (exact) mass is 468 g/mol. The smallest absolute Gasteiger partial charge is 0.305 e. The SMILES string of the molecule is CCC(=O)OCCOc1ccc(C2(c3ccc(OCCOC(=O)CC)cc3)CCCCC2)cc1. The van der Waals surface area contributed by atoms with E-state index in [4.69, 9.17) is 18.9 Å². The lowest BCUT2D eigenvalue weighted by Crippen LogP contribution is -2.30. The molecule has 0 aliphatic heterocycles. The molecule has 0 spiro atoms. The fourth-order valence-corrected chi connectivity index (χ4v) is 4.47. The second-order valence-corrected chi connectivity index (χ2v) is 8.54. The minimum absolute atomic E-state index is 0.0252. The van der Waals surface area contributed by atoms with Crippen LogP contribution in [0.4, 0.5) is 0 Å². The quantitative estimate of drug-likeness (QED) is 0.298. The van der Waals surface area contributed by atoms with E-state index in [1.165, 1.54) is 30.4 Å². The first-order valence-corrected chi connectivity index (χ1v) is 12.4. The first-order chi connectivity index (χ1) is 16.6. The summed E-state index contributed by atoms with van der Waals surface area (Å²) in [6.45, 7) is 4.75. The van der Waals surface area contributed by atoms with Gasteiger partial charge in [-0.3, -0.25) is 9.59 Å². The van der Waals surface area contributed by atoms with Gasteiger partial charge >= 0.3 is 11.9 Å². The molecule has 6 heteroatoms. The molecule has 1 saturated carbocycles. The molecule has 2 aromatic carbocycles. The number of hydrogen-bond acceptors (Lipinski definition) is 6. The van der Waals surface area contributed by atoms with Crippen LogP contribution in [-0.4, -0.2) is 38.4 Å². The van der Waals surface area contributed by atoms with Crippen molar-refractivity contribution in [1.82, 2.24) is 0 Å². The van der Waals surface area contributed by atoms with Gasteiger partial charge in [-0.05, 0) is 48.2 Å². The molecule has 1 aliphatic carbocycles. The van der Waals surface area contributed by atoms with Crippen LogP contribution in [0.2, 0.25) is 0 Å². The number of esters is 2. The van der Waals surface area contributed by atoms with Gasteiger partial charge < -0.3 is 18.9 Å². The van der Waals surface area contributed by atoms with Crippen molar-refractivity contribution in [3.05, 3.63) is 59.7 Å². The molecule has 6 nitrogen and oxygen atoms in total. The molecular formula is C28H36O6. The molecule has 2 aromatic rings. The van der Waals surface area contributed by atoms with Crippen LogP contribution >= 0.6 is 0 Å². The van der Waals surface area contributed by atoms with Gasteiger partial charge in [-0.1, -0.05) is 57.4 Å². The first-order valence-electron chi connectivity index (χ1n) is 12.4. The maximum atomic E-state index is 11.2. The molecule has 0 radical (unpaired) electrons. The van der Waals surface area contributed by atoms with Crippen LogP contribution in [0.25, 0.3) is 0 Å². The van der Waals surface area contributed by atoms with E-state index in [2.05, 4.69) is 24.3 Å². The molecular weight excluding hydrogens is 432 g/mol. The summed E-state index contributed by atoms with van der Waals surface area (Å²) in [5.41, 5.74) is 2.55. The van der Waals surface area contributed by atoms with Crippen LogP contribution in [0.15, 0.2) is 48.5 Å². The Morgan fingerprint density at radius 1 is 0.647 bits per heavy atom. The van der Waals surface area contributed by atoms with Crippen LogP contribution < -0.4 is 9.47 Å². The van der Waals surface area contributed by atoms with Crippen LogP contribution in [0.5, 0.6) is 11.5 Å². The highest BCUT2D eigenvalue weighted by Gasteiger charge is 2.35. The van der Waals surface area contributed by atoms with E-state index >= 15 is 0 Å². The molecule has 0 saturated heterocycles. The number of hydrogen-bond donors (Lipinski definition) is 0. The molecule has 3 rings (SSSR count). The maximum absolute atomic E-state index is 11.2. The third kappa shape index (κ3) is 6.99. The van der Waals surface area contributed by atoms with Crippen molar-refractivity contribution < 1.29 is 28.5 Å². The summed E-state index contributed by atoms with van der Waals surface area (Å²) < 4.78 is 21.6. The topological polar surface area (TPSA) is 71.1 Å². The summed E-state index contributed by atoms with van der Waals surface area (Å²) in [6, 6.07) is 16.6. The van der Waals surface area contributed by atoms with E-state index in [0.29, 0.717) is 26.1 Å². The molecule has 1 fully saturated rings. The molecule has 0 N–H and O–H groups in total. The third-order valence-corrected chi connectivity index (χ3v) is 6.33. The van der Waals surface area contributed by atoms with Gasteiger partial charge in [-0.15, -0.1) is 0 Å². The number of carbonyl (C=O) groups is 2. The van der Waals surface area contributed by atoms with Gasteiger partial charge in [-0.2, -0.15) is 0 Å². The molecule has 0 bridgehead atoms. The van der Waals surface area contributed by atoms with E-state index in [1.807, 2.05) is 24.3 Å². The lowest BCUT2D eigenvalue weighted by atomic mass is 9.65. The Balaban J connectivity index is 1.64. The van der Waals surface area contributed by atoms with Gasteiger partial charge in [-0.25, -0.2) is 0 Å². The highest BCUT2D eigenvalue weighted by Crippen LogP contribution is 2.45. The van der Waals surface area contributed by atoms with E-state index in [-0.39, 0.29) is 30.6 Å². The van der Waals surface area contributed by atoms with Crippen LogP contribution in [0.1, 0.15) is 69.9 Å². The Morgan fingerprint density at radius 2 is 1.06 bits per heavy atom. The Morgan fingerprint density at radius 3 is 1.44 bits per heavy atom. The molecule has 0 unspecified atom stereocenters. The predicted molar refractivity (Wildman–Crippen MR) is 130 cm³/mol. The minimum atomic E-state index is -0.213. The largest absolute Gasteiger partial charge is 0.490 e. The average molecular weight is 469 g/mol. The summed E-state index contributed by atoms with van der Waals surface area (Å²) in [5, 5.41) is 0. The average Bonchev–Trinajstić information content (AvgIpc) is 2.89. The molecule has 184 valence electrons. The van der Waals surface area contributed by atoms with Gasteiger partial charge in [0.05, 0.1) is 0 Å². The first kappa shape index (κ1) is 25.6. The summed E-state index contributed by atoms with van der Waals surface area (Å²) in [7, 11) is 0. The zero-order chi connectivity index (χ0) is 24.2. The van der Waals surface area contributed by atoms with Crippen molar-refractivity contribution in [2.24, 2.45) is 0 Å². The van der Waals surface area contributed by atoms with Crippen molar-refractivity contribution >= 4 is 11.9 Å². The van der Waals surface area contributed by atoms with E-state index in [9.17, 15) is 9.59 Å². The number of carbonyl (C=O) groups excluding carboxylic acids is 2. The normalized spacial score (nSPS) is 14.8. The summed E-state index contributed by atoms with van der Waals surface area (Å²) in [6.07, 6.45) is 6.61. The molecule has 0 atom stereocenters. The van der Waals surface area contributed by atoms with E-state index < -0.39 is 0 Å². The maximum Gasteiger partial charge on any atom is 0.305 e. The number of ether oxygens (including phenoxy) is 4. The fourth-order valence-electron chi connectivity index (χ4n) is 4.47. The van der Waals surface area contributed by atoms with Crippen LogP contribution in [0, 0.1) is 0 Å². The molecule has 0 amide bonds. The van der Waals surface area contributed by atoms with Crippen LogP contribution in [-0.2, 0) is 24.5 Å².